The van der Waals surface area contributed by atoms with Crippen LogP contribution in [0.5, 0.6) is 0 Å². The summed E-state index contributed by atoms with van der Waals surface area (Å²) < 4.78 is 0. The first-order chi connectivity index (χ1) is 5.27. The topological polar surface area (TPSA) is 15.3 Å². The Morgan fingerprint density at radius 3 is 2.36 bits per heavy atom. The molecule has 0 aliphatic carbocycles. The van der Waals surface area contributed by atoms with Crippen molar-refractivity contribution in [3.63, 3.8) is 0 Å². The first-order valence-corrected chi connectivity index (χ1v) is 4.75. The molecule has 66 valence electrons. The van der Waals surface area contributed by atoms with E-state index in [0.717, 1.165) is 12.1 Å². The molecule has 1 heterocycles. The molecule has 0 aromatic heterocycles. The Hall–Kier alpha value is -0.0800. The van der Waals surface area contributed by atoms with Gasteiger partial charge in [-0.2, -0.15) is 0 Å². The Balaban J connectivity index is 2.34. The molecule has 0 amide bonds. The predicted octanol–water partition coefficient (Wildman–Crippen LogP) is 1.08. The summed E-state index contributed by atoms with van der Waals surface area (Å²) >= 11 is 0. The van der Waals surface area contributed by atoms with E-state index in [4.69, 9.17) is 0 Å². The van der Waals surface area contributed by atoms with Crippen molar-refractivity contribution in [2.24, 2.45) is 0 Å². The van der Waals surface area contributed by atoms with E-state index in [1.165, 1.54) is 26.1 Å². The first-order valence-electron chi connectivity index (χ1n) is 4.75. The highest BCUT2D eigenvalue weighted by atomic mass is 15.2. The lowest BCUT2D eigenvalue weighted by atomic mass is 10.1. The molecule has 2 atom stereocenters. The molecule has 0 radical (unpaired) electrons. The molecular weight excluding hydrogens is 136 g/mol. The maximum Gasteiger partial charge on any atom is 0.0235 e. The average Bonchev–Trinajstić information content (AvgIpc) is 2.39. The summed E-state index contributed by atoms with van der Waals surface area (Å²) in [6.45, 7) is 10.3. The molecule has 0 saturated carbocycles. The van der Waals surface area contributed by atoms with Crippen molar-refractivity contribution >= 4 is 0 Å². The highest BCUT2D eigenvalue weighted by Gasteiger charge is 2.23. The zero-order chi connectivity index (χ0) is 8.27. The van der Waals surface area contributed by atoms with Gasteiger partial charge in [0.2, 0.25) is 0 Å². The lowest BCUT2D eigenvalue weighted by Crippen LogP contribution is -2.36. The second kappa shape index (κ2) is 4.07. The Morgan fingerprint density at radius 1 is 1.36 bits per heavy atom. The van der Waals surface area contributed by atoms with E-state index in [2.05, 4.69) is 31.0 Å². The van der Waals surface area contributed by atoms with E-state index in [9.17, 15) is 0 Å². The molecule has 1 rings (SSSR count). The summed E-state index contributed by atoms with van der Waals surface area (Å²) in [7, 11) is 0. The summed E-state index contributed by atoms with van der Waals surface area (Å²) in [4.78, 5) is 2.54. The van der Waals surface area contributed by atoms with Gasteiger partial charge < -0.3 is 5.32 Å². The fourth-order valence-electron chi connectivity index (χ4n) is 1.93. The van der Waals surface area contributed by atoms with Crippen molar-refractivity contribution < 1.29 is 0 Å². The third-order valence-corrected chi connectivity index (χ3v) is 2.66. The van der Waals surface area contributed by atoms with Crippen molar-refractivity contribution in [2.45, 2.75) is 39.3 Å². The zero-order valence-electron chi connectivity index (χ0n) is 7.93. The summed E-state index contributed by atoms with van der Waals surface area (Å²) in [6.07, 6.45) is 1.32. The Morgan fingerprint density at radius 2 is 2.00 bits per heavy atom. The number of hydrogen-bond donors (Lipinski definition) is 1. The van der Waals surface area contributed by atoms with E-state index in [0.29, 0.717) is 0 Å². The molecule has 1 saturated heterocycles. The monoisotopic (exact) mass is 156 g/mol. The Labute approximate surface area is 70.0 Å². The van der Waals surface area contributed by atoms with Gasteiger partial charge in [-0.3, -0.25) is 4.90 Å². The third kappa shape index (κ3) is 2.17. The summed E-state index contributed by atoms with van der Waals surface area (Å²) in [5.41, 5.74) is 0. The van der Waals surface area contributed by atoms with Crippen LogP contribution in [0, 0.1) is 0 Å². The molecule has 1 aliphatic heterocycles. The molecule has 2 unspecified atom stereocenters. The van der Waals surface area contributed by atoms with Crippen LogP contribution < -0.4 is 5.32 Å². The van der Waals surface area contributed by atoms with E-state index >= 15 is 0 Å². The summed E-state index contributed by atoms with van der Waals surface area (Å²) in [6, 6.07) is 1.51. The Bertz CT molecular complexity index is 110. The van der Waals surface area contributed by atoms with Crippen LogP contribution in [0.3, 0.4) is 0 Å². The maximum absolute atomic E-state index is 3.48. The van der Waals surface area contributed by atoms with Crippen molar-refractivity contribution in [3.05, 3.63) is 0 Å². The summed E-state index contributed by atoms with van der Waals surface area (Å²) in [5, 5.41) is 3.48. The van der Waals surface area contributed by atoms with Gasteiger partial charge in [-0.05, 0) is 26.4 Å². The molecule has 2 heteroatoms. The van der Waals surface area contributed by atoms with Crippen LogP contribution in [0.2, 0.25) is 0 Å². The zero-order valence-corrected chi connectivity index (χ0v) is 7.93. The van der Waals surface area contributed by atoms with Gasteiger partial charge in [-0.25, -0.2) is 0 Å². The van der Waals surface area contributed by atoms with Crippen LogP contribution >= 0.6 is 0 Å². The van der Waals surface area contributed by atoms with Crippen LogP contribution in [0.25, 0.3) is 0 Å². The number of rotatable bonds is 3. The van der Waals surface area contributed by atoms with Gasteiger partial charge in [0.15, 0.2) is 0 Å². The van der Waals surface area contributed by atoms with Gasteiger partial charge in [-0.15, -0.1) is 0 Å². The smallest absolute Gasteiger partial charge is 0.0235 e. The fraction of sp³-hybridized carbons (Fsp3) is 1.00. The van der Waals surface area contributed by atoms with Crippen molar-refractivity contribution in [1.82, 2.24) is 10.2 Å². The number of nitrogens with one attached hydrogen (secondary N) is 1. The largest absolute Gasteiger partial charge is 0.313 e. The molecule has 11 heavy (non-hydrogen) atoms. The molecule has 1 fully saturated rings. The van der Waals surface area contributed by atoms with Gasteiger partial charge >= 0.3 is 0 Å². The van der Waals surface area contributed by atoms with Crippen LogP contribution in [-0.4, -0.2) is 36.6 Å². The lowest BCUT2D eigenvalue weighted by molar-refractivity contribution is 0.229. The van der Waals surface area contributed by atoms with Gasteiger partial charge in [0.05, 0.1) is 0 Å². The van der Waals surface area contributed by atoms with E-state index in [-0.39, 0.29) is 0 Å². The molecule has 0 spiro atoms. The minimum atomic E-state index is 0.723. The van der Waals surface area contributed by atoms with Crippen LogP contribution in [0.15, 0.2) is 0 Å². The molecular formula is C9H20N2. The van der Waals surface area contributed by atoms with Crippen molar-refractivity contribution in [2.75, 3.05) is 19.6 Å². The van der Waals surface area contributed by atoms with E-state index in [1.807, 2.05) is 0 Å². The second-order valence-electron chi connectivity index (χ2n) is 3.42. The predicted molar refractivity (Wildman–Crippen MR) is 48.8 cm³/mol. The van der Waals surface area contributed by atoms with Crippen molar-refractivity contribution in [3.8, 4) is 0 Å². The molecule has 1 N–H and O–H groups in total. The summed E-state index contributed by atoms with van der Waals surface area (Å²) in [5.74, 6) is 0. The number of likely N-dealkylation sites (N-methyl/N-ethyl adjacent to an activating group) is 1. The van der Waals surface area contributed by atoms with E-state index < -0.39 is 0 Å². The minimum Gasteiger partial charge on any atom is -0.313 e. The van der Waals surface area contributed by atoms with E-state index in [1.54, 1.807) is 0 Å². The maximum atomic E-state index is 3.48. The standard InChI is InChI=1S/C9H20N2/c1-4-11(5-2)9-6-8(3)10-7-9/h8-10H,4-7H2,1-3H3. The van der Waals surface area contributed by atoms with Crippen LogP contribution in [0.4, 0.5) is 0 Å². The highest BCUT2D eigenvalue weighted by Crippen LogP contribution is 2.12. The van der Waals surface area contributed by atoms with Crippen LogP contribution in [-0.2, 0) is 0 Å². The SMILES string of the molecule is CCN(CC)C1CNC(C)C1. The Kier molecular flexibility index (Phi) is 3.34. The fourth-order valence-corrected chi connectivity index (χ4v) is 1.93. The number of nitrogens with zero attached hydrogens (tertiary/aromatic N) is 1. The minimum absolute atomic E-state index is 0.723. The van der Waals surface area contributed by atoms with Gasteiger partial charge in [0.25, 0.3) is 0 Å². The quantitative estimate of drug-likeness (QED) is 0.658. The van der Waals surface area contributed by atoms with Gasteiger partial charge in [-0.1, -0.05) is 13.8 Å². The lowest BCUT2D eigenvalue weighted by Gasteiger charge is -2.24. The molecule has 1 aliphatic rings. The molecule has 0 aromatic carbocycles. The van der Waals surface area contributed by atoms with Gasteiger partial charge in [0.1, 0.15) is 0 Å². The average molecular weight is 156 g/mol. The second-order valence-corrected chi connectivity index (χ2v) is 3.42. The third-order valence-electron chi connectivity index (χ3n) is 2.66. The molecule has 0 bridgehead atoms. The molecule has 2 nitrogen and oxygen atoms in total. The molecule has 0 aromatic rings. The van der Waals surface area contributed by atoms with Gasteiger partial charge in [0, 0.05) is 18.6 Å². The number of hydrogen-bond acceptors (Lipinski definition) is 2. The normalized spacial score (nSPS) is 31.6. The van der Waals surface area contributed by atoms with Crippen molar-refractivity contribution in [1.29, 1.82) is 0 Å². The van der Waals surface area contributed by atoms with Crippen LogP contribution in [0.1, 0.15) is 27.2 Å². The first kappa shape index (κ1) is 9.01. The highest BCUT2D eigenvalue weighted by molar-refractivity contribution is 4.84.